The summed E-state index contributed by atoms with van der Waals surface area (Å²) >= 11 is 0. The minimum Gasteiger partial charge on any atom is -0.480 e. The molecule has 40 N–H and O–H groups in total. The highest BCUT2D eigenvalue weighted by atomic mass is 16.4. The van der Waals surface area contributed by atoms with Crippen LogP contribution in [0.25, 0.3) is 10.9 Å². The van der Waals surface area contributed by atoms with Crippen LogP contribution in [0.4, 0.5) is 0 Å². The van der Waals surface area contributed by atoms with Crippen molar-refractivity contribution in [3.8, 4) is 0 Å². The average molecular weight is 1400 g/mol. The lowest BCUT2D eigenvalue weighted by molar-refractivity contribution is -0.142. The highest BCUT2D eigenvalue weighted by molar-refractivity contribution is 5.99. The van der Waals surface area contributed by atoms with E-state index in [-0.39, 0.29) is 165 Å². The molecule has 41 nitrogen and oxygen atoms in total. The molecule has 0 bridgehead atoms. The predicted octanol–water partition coefficient (Wildman–Crippen LogP) is -9.28. The number of guanidine groups is 6. The molecule has 41 heteroatoms. The smallest absolute Gasteiger partial charge is 0.326 e. The molecule has 0 aliphatic carbocycles. The number of carbonyl (C=O) groups is 10. The number of aliphatic carboxylic acids is 1. The van der Waals surface area contributed by atoms with Crippen LogP contribution in [0.1, 0.15) is 115 Å². The number of benzene rings is 1. The van der Waals surface area contributed by atoms with E-state index >= 15 is 0 Å². The van der Waals surface area contributed by atoms with E-state index in [0.29, 0.717) is 35.7 Å². The molecule has 1 aromatic heterocycles. The van der Waals surface area contributed by atoms with Gasteiger partial charge in [0.15, 0.2) is 35.8 Å². The third-order valence-corrected chi connectivity index (χ3v) is 14.8. The zero-order chi connectivity index (χ0) is 74.0. The maximum Gasteiger partial charge on any atom is 0.326 e. The molecular weight excluding hydrogens is 1290 g/mol. The summed E-state index contributed by atoms with van der Waals surface area (Å²) in [7, 11) is 0. The third kappa shape index (κ3) is 35.5. The van der Waals surface area contributed by atoms with Crippen LogP contribution in [0.5, 0.6) is 0 Å². The number of aliphatic imine (C=N–C) groups is 6. The van der Waals surface area contributed by atoms with Crippen LogP contribution >= 0.6 is 0 Å². The first kappa shape index (κ1) is 84.1. The Balaban J connectivity index is 2.72. The second-order valence-corrected chi connectivity index (χ2v) is 23.0. The van der Waals surface area contributed by atoms with Crippen molar-refractivity contribution in [3.05, 3.63) is 36.0 Å². The molecule has 0 unspecified atom stereocenters. The number of unbranched alkanes of at least 4 members (excludes halogenated alkanes) is 1. The van der Waals surface area contributed by atoms with E-state index in [2.05, 4.69) is 77.5 Å². The average Bonchev–Trinajstić information content (AvgIpc) is 1.72. The quantitative estimate of drug-likeness (QED) is 0.0166. The van der Waals surface area contributed by atoms with Gasteiger partial charge in [-0.25, -0.2) is 4.79 Å². The van der Waals surface area contributed by atoms with Gasteiger partial charge in [-0.1, -0.05) is 18.2 Å². The van der Waals surface area contributed by atoms with Gasteiger partial charge in [0.2, 0.25) is 53.2 Å². The fraction of sp³-hybridized carbons (Fsp3) is 0.586. The lowest BCUT2D eigenvalue weighted by Gasteiger charge is -2.28. The Morgan fingerprint density at radius 2 is 0.667 bits per heavy atom. The molecule has 0 saturated carbocycles. The summed E-state index contributed by atoms with van der Waals surface area (Å²) in [5.41, 5.74) is 85.0. The molecule has 552 valence electrons. The van der Waals surface area contributed by atoms with Gasteiger partial charge in [0.25, 0.3) is 0 Å². The number of rotatable bonds is 50. The second kappa shape index (κ2) is 46.2. The van der Waals surface area contributed by atoms with Gasteiger partial charge in [-0.3, -0.25) is 73.1 Å². The summed E-state index contributed by atoms with van der Waals surface area (Å²) in [6.07, 6.45) is 1.16. The number of nitrogens with two attached hydrogens (primary N) is 15. The number of primary amides is 1. The van der Waals surface area contributed by atoms with E-state index in [4.69, 9.17) is 86.0 Å². The molecule has 0 spiro atoms. The SMILES string of the molecule is NCCCC[C@H](NC(=O)[C@H](N)CCCN=C(N)N)C(=O)N[C@@H](Cc1c[nH]c2ccccc12)C(=O)N[C@@H](CCCN=C(N)N)C(=O)N[C@H](CCCN=C(N)N)C(=O)N[C@@H](CCC(N)=O)C(=O)N[C@@H](CCCN=C(N)N)C(=O)N[C@@H](CCCN=C(N)N)C(=O)N[C@H](CCCN=C(N)N)C(=O)O. The number of aromatic nitrogens is 1. The number of H-pyrrole nitrogens is 1. The number of para-hydroxylation sites is 1. The van der Waals surface area contributed by atoms with Crippen LogP contribution in [0.2, 0.25) is 0 Å². The number of amides is 9. The van der Waals surface area contributed by atoms with Gasteiger partial charge in [-0.05, 0) is 121 Å². The summed E-state index contributed by atoms with van der Waals surface area (Å²) in [6.45, 7) is 0.262. The molecule has 0 radical (unpaired) electrons. The van der Waals surface area contributed by atoms with E-state index < -0.39 is 126 Å². The van der Waals surface area contributed by atoms with E-state index in [1.165, 1.54) is 0 Å². The molecule has 0 aliphatic heterocycles. The van der Waals surface area contributed by atoms with Crippen LogP contribution in [0, 0.1) is 0 Å². The Morgan fingerprint density at radius 1 is 0.374 bits per heavy atom. The molecule has 2 aromatic rings. The topological polar surface area (TPSA) is 767 Å². The third-order valence-electron chi connectivity index (χ3n) is 14.8. The molecule has 0 fully saturated rings. The van der Waals surface area contributed by atoms with Gasteiger partial charge in [0.05, 0.1) is 6.04 Å². The number of carboxylic acid groups (broad SMARTS) is 1. The number of hydrogen-bond acceptors (Lipinski definition) is 18. The molecule has 9 amide bonds. The van der Waals surface area contributed by atoms with Gasteiger partial charge < -0.3 is 139 Å². The first-order chi connectivity index (χ1) is 46.9. The molecule has 2 rings (SSSR count). The van der Waals surface area contributed by atoms with Crippen molar-refractivity contribution >= 4 is 106 Å². The van der Waals surface area contributed by atoms with E-state index in [1.807, 2.05) is 0 Å². The Labute approximate surface area is 572 Å². The number of fused-ring (bicyclic) bond motifs is 1. The Bertz CT molecular complexity index is 3130. The van der Waals surface area contributed by atoms with Crippen molar-refractivity contribution in [2.24, 2.45) is 116 Å². The zero-order valence-corrected chi connectivity index (χ0v) is 55.6. The summed E-state index contributed by atoms with van der Waals surface area (Å²) in [5, 5.41) is 31.6. The Morgan fingerprint density at radius 3 is 1.01 bits per heavy atom. The molecule has 1 heterocycles. The Kier molecular flexibility index (Phi) is 39.3. The lowest BCUT2D eigenvalue weighted by Crippen LogP contribution is -2.60. The number of nitrogens with one attached hydrogen (secondary N) is 9. The van der Waals surface area contributed by atoms with Gasteiger partial charge in [-0.2, -0.15) is 0 Å². The maximum atomic E-state index is 15.0. The summed E-state index contributed by atoms with van der Waals surface area (Å²) in [4.78, 5) is 167. The Hall–Kier alpha value is -11.0. The molecule has 9 atom stereocenters. The standard InChI is InChI=1S/C58H104N30O11/c59-22-4-3-14-35(81-44(90)33(60)12-5-23-74-53(62)63)49(95)88-42(29-31-30-80-34-13-2-1-11-32(31)34)51(97)85-38(17-8-26-77-56(68)69)46(92)82-37(16-7-25-76-55(66)67)47(93)86-40(20-21-43(61)89)50(96)84-36(15-6-24-75-54(64)65)45(91)83-39(18-9-27-78-57(70)71)48(94)87-41(52(98)99)19-10-28-79-58(72)73/h1-2,11,13,30,33,35-42,80H,3-10,12,14-29,59-60H2,(H2,61,89)(H,81,90)(H,82,92)(H,83,91)(H,84,96)(H,85,97)(H,86,93)(H,87,94)(H,88,95)(H,98,99)(H4,62,63,74)(H4,64,65,75)(H4,66,67,76)(H4,68,69,77)(H4,70,71,78)(H4,72,73,79)/t33-,35+,36+,37-,38+,39+,40+,41-,42+/m1/s1. The number of nitrogens with zero attached hydrogens (tertiary/aromatic N) is 6. The minimum absolute atomic E-state index is 0.00439. The van der Waals surface area contributed by atoms with Crippen LogP contribution in [0.3, 0.4) is 0 Å². The van der Waals surface area contributed by atoms with Gasteiger partial charge in [-0.15, -0.1) is 0 Å². The van der Waals surface area contributed by atoms with Crippen molar-refractivity contribution in [1.29, 1.82) is 0 Å². The van der Waals surface area contributed by atoms with Gasteiger partial charge in [0, 0.05) is 69.2 Å². The summed E-state index contributed by atoms with van der Waals surface area (Å²) in [5.74, 6) is -11.2. The van der Waals surface area contributed by atoms with E-state index in [9.17, 15) is 53.1 Å². The van der Waals surface area contributed by atoms with Crippen molar-refractivity contribution in [2.75, 3.05) is 45.8 Å². The van der Waals surface area contributed by atoms with Crippen molar-refractivity contribution in [2.45, 2.75) is 170 Å². The highest BCUT2D eigenvalue weighted by Gasteiger charge is 2.36. The number of carboxylic acids is 1. The van der Waals surface area contributed by atoms with Gasteiger partial charge >= 0.3 is 5.97 Å². The predicted molar refractivity (Wildman–Crippen MR) is 374 cm³/mol. The van der Waals surface area contributed by atoms with Crippen molar-refractivity contribution in [1.82, 2.24) is 47.5 Å². The minimum atomic E-state index is -1.70. The van der Waals surface area contributed by atoms with Crippen LogP contribution < -0.4 is 129 Å². The van der Waals surface area contributed by atoms with E-state index in [1.54, 1.807) is 30.5 Å². The van der Waals surface area contributed by atoms with Crippen molar-refractivity contribution in [3.63, 3.8) is 0 Å². The number of carbonyl (C=O) groups excluding carboxylic acids is 9. The molecule has 0 saturated heterocycles. The zero-order valence-electron chi connectivity index (χ0n) is 55.6. The maximum absolute atomic E-state index is 15.0. The van der Waals surface area contributed by atoms with Gasteiger partial charge in [0.1, 0.15) is 48.3 Å². The first-order valence-corrected chi connectivity index (χ1v) is 32.2. The largest absolute Gasteiger partial charge is 0.480 e. The summed E-state index contributed by atoms with van der Waals surface area (Å²) in [6, 6.07) is -5.99. The summed E-state index contributed by atoms with van der Waals surface area (Å²) < 4.78 is 0. The fourth-order valence-corrected chi connectivity index (χ4v) is 9.73. The highest BCUT2D eigenvalue weighted by Crippen LogP contribution is 2.20. The molecule has 0 aliphatic rings. The van der Waals surface area contributed by atoms with Crippen LogP contribution in [-0.4, -0.2) is 205 Å². The van der Waals surface area contributed by atoms with Crippen LogP contribution in [-0.2, 0) is 54.4 Å². The normalized spacial score (nSPS) is 13.6. The number of hydrogen-bond donors (Lipinski definition) is 25. The molecule has 99 heavy (non-hydrogen) atoms. The van der Waals surface area contributed by atoms with Crippen molar-refractivity contribution < 1.29 is 53.1 Å². The fourth-order valence-electron chi connectivity index (χ4n) is 9.73. The first-order valence-electron chi connectivity index (χ1n) is 32.2. The lowest BCUT2D eigenvalue weighted by atomic mass is 10.0. The van der Waals surface area contributed by atoms with E-state index in [0.717, 1.165) is 0 Å². The monoisotopic (exact) mass is 1400 g/mol. The molecule has 1 aromatic carbocycles. The number of aromatic amines is 1. The van der Waals surface area contributed by atoms with Crippen LogP contribution in [0.15, 0.2) is 60.4 Å². The second-order valence-electron chi connectivity index (χ2n) is 23.0. The molecular formula is C58H104N30O11.